The van der Waals surface area contributed by atoms with Crippen molar-refractivity contribution in [2.45, 2.75) is 24.5 Å². The monoisotopic (exact) mass is 408 g/mol. The van der Waals surface area contributed by atoms with Crippen LogP contribution in [0.3, 0.4) is 0 Å². The summed E-state index contributed by atoms with van der Waals surface area (Å²) in [6, 6.07) is 14.5. The van der Waals surface area contributed by atoms with Gasteiger partial charge < -0.3 is 14.5 Å². The second kappa shape index (κ2) is 7.09. The number of piperidine rings is 1. The number of carbonyl (C=O) groups excluding carboxylic acids is 1. The van der Waals surface area contributed by atoms with E-state index in [0.717, 1.165) is 36.0 Å². The number of aromatic nitrogens is 2. The minimum atomic E-state index is -0.238. The third-order valence-corrected chi connectivity index (χ3v) is 6.77. The molecule has 0 aliphatic carbocycles. The maximum absolute atomic E-state index is 13.8. The van der Waals surface area contributed by atoms with E-state index in [1.165, 1.54) is 6.07 Å². The number of methoxy groups -OCH3 is 1. The van der Waals surface area contributed by atoms with Crippen LogP contribution in [0.15, 0.2) is 48.5 Å². The second-order valence-electron chi connectivity index (χ2n) is 8.20. The van der Waals surface area contributed by atoms with Crippen molar-refractivity contribution >= 4 is 22.5 Å². The number of benzene rings is 2. The SMILES string of the molecule is COC1CN(c2cccc(F)c2)C12CCN(C(=O)c1nn(C)c3ccccc13)CC2. The van der Waals surface area contributed by atoms with Crippen LogP contribution in [0.4, 0.5) is 10.1 Å². The fraction of sp³-hybridized carbons (Fsp3) is 0.391. The Kier molecular flexibility index (Phi) is 4.50. The Morgan fingerprint density at radius 1 is 1.17 bits per heavy atom. The average Bonchev–Trinajstić information content (AvgIpc) is 3.10. The highest BCUT2D eigenvalue weighted by molar-refractivity contribution is 6.04. The van der Waals surface area contributed by atoms with Gasteiger partial charge >= 0.3 is 0 Å². The Bertz CT molecular complexity index is 1100. The first-order valence-corrected chi connectivity index (χ1v) is 10.3. The number of para-hydroxylation sites is 1. The number of carbonyl (C=O) groups is 1. The topological polar surface area (TPSA) is 50.6 Å². The molecule has 1 atom stereocenters. The molecular formula is C23H25FN4O2. The second-order valence-corrected chi connectivity index (χ2v) is 8.20. The number of nitrogens with zero attached hydrogens (tertiary/aromatic N) is 4. The third kappa shape index (κ3) is 2.80. The Morgan fingerprint density at radius 3 is 2.67 bits per heavy atom. The number of anilines is 1. The molecule has 1 unspecified atom stereocenters. The molecule has 156 valence electrons. The normalized spacial score (nSPS) is 20.6. The summed E-state index contributed by atoms with van der Waals surface area (Å²) in [5.74, 6) is -0.273. The van der Waals surface area contributed by atoms with Crippen molar-refractivity contribution in [3.8, 4) is 0 Å². The van der Waals surface area contributed by atoms with Gasteiger partial charge in [-0.3, -0.25) is 9.48 Å². The summed E-state index contributed by atoms with van der Waals surface area (Å²) in [6.45, 7) is 1.98. The van der Waals surface area contributed by atoms with Crippen LogP contribution in [0.1, 0.15) is 23.3 Å². The molecule has 7 heteroatoms. The quantitative estimate of drug-likeness (QED) is 0.668. The highest BCUT2D eigenvalue weighted by atomic mass is 19.1. The van der Waals surface area contributed by atoms with E-state index in [9.17, 15) is 9.18 Å². The number of ether oxygens (including phenoxy) is 1. The largest absolute Gasteiger partial charge is 0.377 e. The van der Waals surface area contributed by atoms with Gasteiger partial charge in [0.1, 0.15) is 5.82 Å². The van der Waals surface area contributed by atoms with Crippen LogP contribution in [-0.4, -0.2) is 59.0 Å². The van der Waals surface area contributed by atoms with Crippen LogP contribution in [-0.2, 0) is 11.8 Å². The van der Waals surface area contributed by atoms with Crippen molar-refractivity contribution in [2.75, 3.05) is 31.6 Å². The van der Waals surface area contributed by atoms with Gasteiger partial charge in [0, 0.05) is 44.9 Å². The van der Waals surface area contributed by atoms with Gasteiger partial charge in [-0.05, 0) is 37.1 Å². The van der Waals surface area contributed by atoms with E-state index in [-0.39, 0.29) is 23.4 Å². The molecule has 2 saturated heterocycles. The molecule has 5 rings (SSSR count). The molecule has 2 fully saturated rings. The van der Waals surface area contributed by atoms with Crippen LogP contribution >= 0.6 is 0 Å². The molecule has 0 N–H and O–H groups in total. The van der Waals surface area contributed by atoms with Gasteiger partial charge in [0.2, 0.25) is 0 Å². The first kappa shape index (κ1) is 19.1. The minimum Gasteiger partial charge on any atom is -0.377 e. The fourth-order valence-electron chi connectivity index (χ4n) is 5.09. The zero-order valence-electron chi connectivity index (χ0n) is 17.2. The molecular weight excluding hydrogens is 383 g/mol. The van der Waals surface area contributed by atoms with Crippen LogP contribution in [0.25, 0.3) is 10.9 Å². The highest BCUT2D eigenvalue weighted by Crippen LogP contribution is 2.45. The van der Waals surface area contributed by atoms with E-state index >= 15 is 0 Å². The zero-order valence-corrected chi connectivity index (χ0v) is 17.2. The van der Waals surface area contributed by atoms with Crippen LogP contribution < -0.4 is 4.90 Å². The first-order chi connectivity index (χ1) is 14.5. The Balaban J connectivity index is 1.37. The first-order valence-electron chi connectivity index (χ1n) is 10.3. The van der Waals surface area contributed by atoms with E-state index in [1.54, 1.807) is 23.9 Å². The van der Waals surface area contributed by atoms with Gasteiger partial charge in [0.15, 0.2) is 5.69 Å². The van der Waals surface area contributed by atoms with Crippen LogP contribution in [0, 0.1) is 5.82 Å². The third-order valence-electron chi connectivity index (χ3n) is 6.77. The average molecular weight is 408 g/mol. The van der Waals surface area contributed by atoms with Gasteiger partial charge in [-0.15, -0.1) is 0 Å². The molecule has 3 heterocycles. The molecule has 6 nitrogen and oxygen atoms in total. The molecule has 0 saturated carbocycles. The lowest BCUT2D eigenvalue weighted by Crippen LogP contribution is -2.74. The van der Waals surface area contributed by atoms with E-state index in [2.05, 4.69) is 10.00 Å². The summed E-state index contributed by atoms with van der Waals surface area (Å²) in [7, 11) is 3.59. The van der Waals surface area contributed by atoms with Crippen LogP contribution in [0.5, 0.6) is 0 Å². The summed E-state index contributed by atoms with van der Waals surface area (Å²) < 4.78 is 21.3. The van der Waals surface area contributed by atoms with Gasteiger partial charge in [0.25, 0.3) is 5.91 Å². The molecule has 0 bridgehead atoms. The molecule has 1 aromatic heterocycles. The Hall–Kier alpha value is -2.93. The van der Waals surface area contributed by atoms with Gasteiger partial charge in [-0.2, -0.15) is 5.10 Å². The summed E-state index contributed by atoms with van der Waals surface area (Å²) in [4.78, 5) is 17.4. The minimum absolute atomic E-state index is 0.0350. The summed E-state index contributed by atoms with van der Waals surface area (Å²) in [5, 5.41) is 5.37. The number of halogens is 1. The number of hydrogen-bond acceptors (Lipinski definition) is 4. The number of aryl methyl sites for hydroxylation is 1. The molecule has 2 aromatic carbocycles. The lowest BCUT2D eigenvalue weighted by molar-refractivity contribution is -0.0433. The van der Waals surface area contributed by atoms with Crippen molar-refractivity contribution in [2.24, 2.45) is 7.05 Å². The van der Waals surface area contributed by atoms with Crippen molar-refractivity contribution in [3.63, 3.8) is 0 Å². The molecule has 2 aliphatic heterocycles. The van der Waals surface area contributed by atoms with E-state index < -0.39 is 0 Å². The fourth-order valence-corrected chi connectivity index (χ4v) is 5.09. The molecule has 0 radical (unpaired) electrons. The van der Waals surface area contributed by atoms with Crippen molar-refractivity contribution < 1.29 is 13.9 Å². The van der Waals surface area contributed by atoms with Gasteiger partial charge in [-0.1, -0.05) is 24.3 Å². The molecule has 1 spiro atoms. The summed E-state index contributed by atoms with van der Waals surface area (Å²) >= 11 is 0. The van der Waals surface area contributed by atoms with Crippen molar-refractivity contribution in [3.05, 3.63) is 60.0 Å². The summed E-state index contributed by atoms with van der Waals surface area (Å²) in [6.07, 6.45) is 1.63. The maximum atomic E-state index is 13.8. The molecule has 1 amide bonds. The Labute approximate surface area is 174 Å². The van der Waals surface area contributed by atoms with Gasteiger partial charge in [-0.25, -0.2) is 4.39 Å². The van der Waals surface area contributed by atoms with Crippen molar-refractivity contribution in [1.29, 1.82) is 0 Å². The Morgan fingerprint density at radius 2 is 1.93 bits per heavy atom. The van der Waals surface area contributed by atoms with E-state index in [1.807, 2.05) is 42.3 Å². The van der Waals surface area contributed by atoms with Gasteiger partial charge in [0.05, 0.1) is 17.2 Å². The smallest absolute Gasteiger partial charge is 0.275 e. The lowest BCUT2D eigenvalue weighted by Gasteiger charge is -2.61. The number of hydrogen-bond donors (Lipinski definition) is 0. The van der Waals surface area contributed by atoms with E-state index in [0.29, 0.717) is 18.8 Å². The predicted molar refractivity (Wildman–Crippen MR) is 113 cm³/mol. The van der Waals surface area contributed by atoms with Crippen molar-refractivity contribution in [1.82, 2.24) is 14.7 Å². The predicted octanol–water partition coefficient (Wildman–Crippen LogP) is 3.22. The summed E-state index contributed by atoms with van der Waals surface area (Å²) in [5.41, 5.74) is 2.12. The maximum Gasteiger partial charge on any atom is 0.275 e. The standard InChI is InChI=1S/C23H25FN4O2/c1-26-19-9-4-3-8-18(19)21(25-26)22(29)27-12-10-23(11-13-27)20(30-2)15-28(23)17-7-5-6-16(24)14-17/h3-9,14,20H,10-13,15H2,1-2H3. The highest BCUT2D eigenvalue weighted by Gasteiger charge is 2.55. The van der Waals surface area contributed by atoms with Crippen LogP contribution in [0.2, 0.25) is 0 Å². The zero-order chi connectivity index (χ0) is 20.9. The van der Waals surface area contributed by atoms with E-state index in [4.69, 9.17) is 4.74 Å². The lowest BCUT2D eigenvalue weighted by atomic mass is 9.73. The number of likely N-dealkylation sites (tertiary alicyclic amines) is 1. The number of fused-ring (bicyclic) bond motifs is 1. The molecule has 2 aliphatic rings. The molecule has 3 aromatic rings. The number of rotatable bonds is 3. The molecule has 30 heavy (non-hydrogen) atoms. The number of amides is 1.